The van der Waals surface area contributed by atoms with Crippen LogP contribution in [0.25, 0.3) is 0 Å². The zero-order chi connectivity index (χ0) is 16.3. The fourth-order valence-electron chi connectivity index (χ4n) is 1.87. The van der Waals surface area contributed by atoms with Crippen LogP contribution < -0.4 is 4.74 Å². The second kappa shape index (κ2) is 6.58. The first-order chi connectivity index (χ1) is 10.4. The van der Waals surface area contributed by atoms with Crippen molar-refractivity contribution in [3.8, 4) is 5.75 Å². The molecule has 0 heterocycles. The highest BCUT2D eigenvalue weighted by molar-refractivity contribution is 6.33. The maximum Gasteiger partial charge on any atom is 0.345 e. The minimum Gasteiger partial charge on any atom is -0.423 e. The molecule has 114 valence electrons. The molecule has 0 aromatic heterocycles. The van der Waals surface area contributed by atoms with Crippen LogP contribution in [0.3, 0.4) is 0 Å². The van der Waals surface area contributed by atoms with Gasteiger partial charge in [-0.1, -0.05) is 37.6 Å². The lowest BCUT2D eigenvalue weighted by Gasteiger charge is -2.08. The Bertz CT molecular complexity index is 711. The molecule has 0 aliphatic heterocycles. The zero-order valence-corrected chi connectivity index (χ0v) is 12.8. The van der Waals surface area contributed by atoms with E-state index in [0.29, 0.717) is 11.7 Å². The largest absolute Gasteiger partial charge is 0.423 e. The smallest absolute Gasteiger partial charge is 0.345 e. The summed E-state index contributed by atoms with van der Waals surface area (Å²) in [6, 6.07) is 10.8. The Kier molecular flexibility index (Phi) is 4.78. The Morgan fingerprint density at radius 1 is 1.18 bits per heavy atom. The topological polar surface area (TPSA) is 69.4 Å². The summed E-state index contributed by atoms with van der Waals surface area (Å²) in [6.07, 6.45) is 0. The number of nitrogens with zero attached hydrogens (tertiary/aromatic N) is 1. The standard InChI is InChI=1S/C16H14ClNO4/c1-10(2)11-3-6-13(7-4-11)22-16(19)14-8-5-12(18(20)21)9-15(14)17/h3-10H,1-2H3. The first-order valence-corrected chi connectivity index (χ1v) is 7.02. The number of benzene rings is 2. The normalized spacial score (nSPS) is 10.5. The lowest BCUT2D eigenvalue weighted by molar-refractivity contribution is -0.384. The van der Waals surface area contributed by atoms with Gasteiger partial charge in [-0.15, -0.1) is 0 Å². The highest BCUT2D eigenvalue weighted by atomic mass is 35.5. The van der Waals surface area contributed by atoms with Crippen molar-refractivity contribution in [2.75, 3.05) is 0 Å². The number of carbonyl (C=O) groups is 1. The van der Waals surface area contributed by atoms with Crippen LogP contribution in [0.5, 0.6) is 5.75 Å². The molecular weight excluding hydrogens is 306 g/mol. The Morgan fingerprint density at radius 2 is 1.82 bits per heavy atom. The predicted molar refractivity (Wildman–Crippen MR) is 83.6 cm³/mol. The van der Waals surface area contributed by atoms with Crippen molar-refractivity contribution in [3.63, 3.8) is 0 Å². The van der Waals surface area contributed by atoms with Gasteiger partial charge in [0.05, 0.1) is 15.5 Å². The van der Waals surface area contributed by atoms with Gasteiger partial charge in [-0.05, 0) is 29.7 Å². The Labute approximate surface area is 132 Å². The van der Waals surface area contributed by atoms with Crippen LogP contribution in [0.15, 0.2) is 42.5 Å². The summed E-state index contributed by atoms with van der Waals surface area (Å²) in [6.45, 7) is 4.13. The Morgan fingerprint density at radius 3 is 2.32 bits per heavy atom. The third-order valence-electron chi connectivity index (χ3n) is 3.14. The number of hydrogen-bond acceptors (Lipinski definition) is 4. The van der Waals surface area contributed by atoms with E-state index in [1.807, 2.05) is 12.1 Å². The molecular formula is C16H14ClNO4. The predicted octanol–water partition coefficient (Wildman–Crippen LogP) is 4.59. The molecule has 2 aromatic carbocycles. The molecule has 0 unspecified atom stereocenters. The minimum absolute atomic E-state index is 0.0157. The maximum atomic E-state index is 12.1. The van der Waals surface area contributed by atoms with Crippen molar-refractivity contribution >= 4 is 23.3 Å². The van der Waals surface area contributed by atoms with Crippen LogP contribution in [0, 0.1) is 10.1 Å². The van der Waals surface area contributed by atoms with E-state index in [1.54, 1.807) is 12.1 Å². The molecule has 0 aliphatic rings. The summed E-state index contributed by atoms with van der Waals surface area (Å²) < 4.78 is 5.22. The molecule has 0 amide bonds. The third kappa shape index (κ3) is 3.62. The molecule has 2 rings (SSSR count). The number of hydrogen-bond donors (Lipinski definition) is 0. The van der Waals surface area contributed by atoms with E-state index >= 15 is 0 Å². The number of rotatable bonds is 4. The van der Waals surface area contributed by atoms with Gasteiger partial charge < -0.3 is 4.74 Å². The van der Waals surface area contributed by atoms with Gasteiger partial charge >= 0.3 is 5.97 Å². The van der Waals surface area contributed by atoms with Crippen molar-refractivity contribution < 1.29 is 14.5 Å². The number of halogens is 1. The van der Waals surface area contributed by atoms with Gasteiger partial charge in [-0.25, -0.2) is 4.79 Å². The number of nitro benzene ring substituents is 1. The number of ether oxygens (including phenoxy) is 1. The number of carbonyl (C=O) groups excluding carboxylic acids is 1. The van der Waals surface area contributed by atoms with Gasteiger partial charge in [-0.3, -0.25) is 10.1 Å². The van der Waals surface area contributed by atoms with Crippen molar-refractivity contribution in [2.24, 2.45) is 0 Å². The Hall–Kier alpha value is -2.40. The molecule has 0 spiro atoms. The molecule has 0 aliphatic carbocycles. The highest BCUT2D eigenvalue weighted by Gasteiger charge is 2.16. The molecule has 0 N–H and O–H groups in total. The number of esters is 1. The average Bonchev–Trinajstić information content (AvgIpc) is 2.47. The van der Waals surface area contributed by atoms with E-state index in [9.17, 15) is 14.9 Å². The monoisotopic (exact) mass is 319 g/mol. The Balaban J connectivity index is 2.17. The van der Waals surface area contributed by atoms with Crippen molar-refractivity contribution in [2.45, 2.75) is 19.8 Å². The van der Waals surface area contributed by atoms with E-state index in [0.717, 1.165) is 11.6 Å². The second-order valence-corrected chi connectivity index (χ2v) is 5.44. The first-order valence-electron chi connectivity index (χ1n) is 6.64. The van der Waals surface area contributed by atoms with Gasteiger partial charge in [0.25, 0.3) is 5.69 Å². The molecule has 0 bridgehead atoms. The summed E-state index contributed by atoms with van der Waals surface area (Å²) in [7, 11) is 0. The maximum absolute atomic E-state index is 12.1. The van der Waals surface area contributed by atoms with Crippen molar-refractivity contribution in [1.29, 1.82) is 0 Å². The summed E-state index contributed by atoms with van der Waals surface area (Å²) in [4.78, 5) is 22.1. The second-order valence-electron chi connectivity index (χ2n) is 5.03. The van der Waals surface area contributed by atoms with E-state index in [1.165, 1.54) is 12.1 Å². The van der Waals surface area contributed by atoms with Crippen LogP contribution in [0.4, 0.5) is 5.69 Å². The number of nitro groups is 1. The molecule has 22 heavy (non-hydrogen) atoms. The van der Waals surface area contributed by atoms with Crippen molar-refractivity contribution in [3.05, 3.63) is 68.7 Å². The summed E-state index contributed by atoms with van der Waals surface area (Å²) in [5, 5.41) is 10.6. The zero-order valence-electron chi connectivity index (χ0n) is 12.1. The lowest BCUT2D eigenvalue weighted by Crippen LogP contribution is -2.09. The summed E-state index contributed by atoms with van der Waals surface area (Å²) in [5.74, 6) is 0.120. The van der Waals surface area contributed by atoms with Gasteiger partial charge in [0.1, 0.15) is 5.75 Å². The molecule has 0 saturated heterocycles. The fraction of sp³-hybridized carbons (Fsp3) is 0.188. The van der Waals surface area contributed by atoms with E-state index < -0.39 is 10.9 Å². The highest BCUT2D eigenvalue weighted by Crippen LogP contribution is 2.24. The quantitative estimate of drug-likeness (QED) is 0.357. The molecule has 0 saturated carbocycles. The van der Waals surface area contributed by atoms with E-state index in [-0.39, 0.29) is 16.3 Å². The van der Waals surface area contributed by atoms with Crippen LogP contribution in [0.2, 0.25) is 5.02 Å². The van der Waals surface area contributed by atoms with E-state index in [2.05, 4.69) is 13.8 Å². The summed E-state index contributed by atoms with van der Waals surface area (Å²) in [5.41, 5.74) is 1.04. The summed E-state index contributed by atoms with van der Waals surface area (Å²) >= 11 is 5.90. The first kappa shape index (κ1) is 16.0. The van der Waals surface area contributed by atoms with Gasteiger partial charge in [-0.2, -0.15) is 0 Å². The SMILES string of the molecule is CC(C)c1ccc(OC(=O)c2ccc([N+](=O)[O-])cc2Cl)cc1. The average molecular weight is 320 g/mol. The van der Waals surface area contributed by atoms with Crippen LogP contribution in [0.1, 0.15) is 35.7 Å². The molecule has 6 heteroatoms. The molecule has 0 atom stereocenters. The molecule has 0 radical (unpaired) electrons. The molecule has 2 aromatic rings. The third-order valence-corrected chi connectivity index (χ3v) is 3.45. The van der Waals surface area contributed by atoms with E-state index in [4.69, 9.17) is 16.3 Å². The minimum atomic E-state index is -0.655. The number of non-ortho nitro benzene ring substituents is 1. The molecule has 5 nitrogen and oxygen atoms in total. The van der Waals surface area contributed by atoms with Gasteiger partial charge in [0, 0.05) is 12.1 Å². The fourth-order valence-corrected chi connectivity index (χ4v) is 2.12. The van der Waals surface area contributed by atoms with Crippen LogP contribution in [-0.4, -0.2) is 10.9 Å². The van der Waals surface area contributed by atoms with Crippen molar-refractivity contribution in [1.82, 2.24) is 0 Å². The van der Waals surface area contributed by atoms with Gasteiger partial charge in [0.2, 0.25) is 0 Å². The lowest BCUT2D eigenvalue weighted by atomic mass is 10.0. The van der Waals surface area contributed by atoms with Crippen LogP contribution >= 0.6 is 11.6 Å². The van der Waals surface area contributed by atoms with Crippen LogP contribution in [-0.2, 0) is 0 Å². The molecule has 0 fully saturated rings. The van der Waals surface area contributed by atoms with Gasteiger partial charge in [0.15, 0.2) is 0 Å².